The standard InChI is InChI=1S/C17H28N2O6/c1-17(2,18-15(20)13-9-22-5-7-24-13)11-19(12-3-4-12)16(21)14-10-23-6-8-25-14/h12-14H,3-11H2,1-2H3,(H,18,20)/t13-,14+/m0/s1. The Kier molecular flexibility index (Phi) is 5.93. The summed E-state index contributed by atoms with van der Waals surface area (Å²) in [5.74, 6) is -0.257. The van der Waals surface area contributed by atoms with Crippen molar-refractivity contribution in [2.24, 2.45) is 0 Å². The number of amides is 2. The number of hydrogen-bond acceptors (Lipinski definition) is 6. The molecule has 142 valence electrons. The fourth-order valence-electron chi connectivity index (χ4n) is 3.11. The minimum Gasteiger partial charge on any atom is -0.376 e. The van der Waals surface area contributed by atoms with Crippen molar-refractivity contribution in [2.45, 2.75) is 50.5 Å². The van der Waals surface area contributed by atoms with Crippen molar-refractivity contribution in [2.75, 3.05) is 46.2 Å². The Hall–Kier alpha value is -1.22. The van der Waals surface area contributed by atoms with E-state index in [1.165, 1.54) is 0 Å². The Morgan fingerprint density at radius 1 is 1.00 bits per heavy atom. The molecule has 2 saturated heterocycles. The van der Waals surface area contributed by atoms with Gasteiger partial charge < -0.3 is 29.2 Å². The van der Waals surface area contributed by atoms with Crippen molar-refractivity contribution in [3.63, 3.8) is 0 Å². The number of nitrogens with zero attached hydrogens (tertiary/aromatic N) is 1. The second-order valence-corrected chi connectivity index (χ2v) is 7.44. The summed E-state index contributed by atoms with van der Waals surface area (Å²) in [6, 6.07) is 0.225. The van der Waals surface area contributed by atoms with Gasteiger partial charge in [-0.1, -0.05) is 0 Å². The van der Waals surface area contributed by atoms with Gasteiger partial charge in [0.2, 0.25) is 0 Å². The Morgan fingerprint density at radius 2 is 1.60 bits per heavy atom. The van der Waals surface area contributed by atoms with Crippen LogP contribution in [0.15, 0.2) is 0 Å². The molecule has 1 saturated carbocycles. The summed E-state index contributed by atoms with van der Waals surface area (Å²) in [6.45, 7) is 6.71. The van der Waals surface area contributed by atoms with Gasteiger partial charge in [-0.3, -0.25) is 9.59 Å². The first kappa shape index (κ1) is 18.6. The van der Waals surface area contributed by atoms with Crippen molar-refractivity contribution in [1.82, 2.24) is 10.2 Å². The second kappa shape index (κ2) is 7.99. The molecule has 1 N–H and O–H groups in total. The van der Waals surface area contributed by atoms with Crippen LogP contribution in [0.5, 0.6) is 0 Å². The number of carbonyl (C=O) groups excluding carboxylic acids is 2. The molecule has 0 aromatic heterocycles. The molecule has 2 amide bonds. The van der Waals surface area contributed by atoms with E-state index < -0.39 is 17.7 Å². The maximum Gasteiger partial charge on any atom is 0.254 e. The molecular weight excluding hydrogens is 328 g/mol. The molecule has 0 spiro atoms. The second-order valence-electron chi connectivity index (χ2n) is 7.44. The quantitative estimate of drug-likeness (QED) is 0.703. The molecule has 2 heterocycles. The van der Waals surface area contributed by atoms with Gasteiger partial charge in [0, 0.05) is 12.6 Å². The lowest BCUT2D eigenvalue weighted by molar-refractivity contribution is -0.160. The molecule has 3 aliphatic rings. The molecule has 3 rings (SSSR count). The number of hydrogen-bond donors (Lipinski definition) is 1. The van der Waals surface area contributed by atoms with Crippen LogP contribution in [0, 0.1) is 0 Å². The Balaban J connectivity index is 1.58. The molecular formula is C17H28N2O6. The number of ether oxygens (including phenoxy) is 4. The van der Waals surface area contributed by atoms with E-state index in [4.69, 9.17) is 18.9 Å². The summed E-state index contributed by atoms with van der Waals surface area (Å²) in [6.07, 6.45) is 0.843. The molecule has 8 nitrogen and oxygen atoms in total. The van der Waals surface area contributed by atoms with Crippen molar-refractivity contribution >= 4 is 11.8 Å². The predicted octanol–water partition coefficient (Wildman–Crippen LogP) is -0.297. The van der Waals surface area contributed by atoms with Crippen molar-refractivity contribution in [3.05, 3.63) is 0 Å². The molecule has 25 heavy (non-hydrogen) atoms. The highest BCUT2D eigenvalue weighted by atomic mass is 16.6. The van der Waals surface area contributed by atoms with E-state index in [9.17, 15) is 9.59 Å². The van der Waals surface area contributed by atoms with Gasteiger partial charge in [-0.15, -0.1) is 0 Å². The minimum atomic E-state index is -0.590. The van der Waals surface area contributed by atoms with Crippen LogP contribution in [0.25, 0.3) is 0 Å². The van der Waals surface area contributed by atoms with Crippen LogP contribution in [0.2, 0.25) is 0 Å². The zero-order chi connectivity index (χ0) is 17.9. The van der Waals surface area contributed by atoms with Crippen molar-refractivity contribution in [1.29, 1.82) is 0 Å². The SMILES string of the molecule is CC(C)(CN(C(=O)[C@H]1COCCO1)C1CC1)NC(=O)[C@@H]1COCCO1. The van der Waals surface area contributed by atoms with Gasteiger partial charge in [0.25, 0.3) is 11.8 Å². The molecule has 0 bridgehead atoms. The summed E-state index contributed by atoms with van der Waals surface area (Å²) in [7, 11) is 0. The summed E-state index contributed by atoms with van der Waals surface area (Å²) < 4.78 is 21.6. The zero-order valence-corrected chi connectivity index (χ0v) is 15.0. The summed E-state index contributed by atoms with van der Waals surface area (Å²) in [5, 5.41) is 2.99. The van der Waals surface area contributed by atoms with E-state index in [0.717, 1.165) is 12.8 Å². The van der Waals surface area contributed by atoms with Crippen LogP contribution < -0.4 is 5.32 Å². The van der Waals surface area contributed by atoms with E-state index in [0.29, 0.717) is 39.6 Å². The van der Waals surface area contributed by atoms with Crippen LogP contribution in [-0.2, 0) is 28.5 Å². The molecule has 0 unspecified atom stereocenters. The van der Waals surface area contributed by atoms with Crippen LogP contribution in [-0.4, -0.2) is 86.7 Å². The predicted molar refractivity (Wildman–Crippen MR) is 88.1 cm³/mol. The lowest BCUT2D eigenvalue weighted by atomic mass is 10.0. The average Bonchev–Trinajstić information content (AvgIpc) is 3.45. The molecule has 2 atom stereocenters. The van der Waals surface area contributed by atoms with Gasteiger partial charge in [0.15, 0.2) is 12.2 Å². The first-order valence-corrected chi connectivity index (χ1v) is 8.97. The zero-order valence-electron chi connectivity index (χ0n) is 15.0. The number of carbonyl (C=O) groups is 2. The smallest absolute Gasteiger partial charge is 0.254 e. The van der Waals surface area contributed by atoms with Crippen molar-refractivity contribution in [3.8, 4) is 0 Å². The Morgan fingerprint density at radius 3 is 2.12 bits per heavy atom. The summed E-state index contributed by atoms with van der Waals surface area (Å²) >= 11 is 0. The van der Waals surface area contributed by atoms with Crippen LogP contribution in [0.3, 0.4) is 0 Å². The van der Waals surface area contributed by atoms with E-state index in [-0.39, 0.29) is 24.5 Å². The summed E-state index contributed by atoms with van der Waals surface area (Å²) in [4.78, 5) is 27.0. The van der Waals surface area contributed by atoms with Crippen LogP contribution >= 0.6 is 0 Å². The Labute approximate surface area is 148 Å². The average molecular weight is 356 g/mol. The maximum absolute atomic E-state index is 12.8. The van der Waals surface area contributed by atoms with Crippen LogP contribution in [0.4, 0.5) is 0 Å². The molecule has 2 aliphatic heterocycles. The molecule has 0 radical (unpaired) electrons. The molecule has 0 aromatic rings. The molecule has 1 aliphatic carbocycles. The van der Waals surface area contributed by atoms with Gasteiger partial charge in [-0.05, 0) is 26.7 Å². The van der Waals surface area contributed by atoms with E-state index in [1.54, 1.807) is 0 Å². The molecule has 0 aromatic carbocycles. The first-order valence-electron chi connectivity index (χ1n) is 8.97. The van der Waals surface area contributed by atoms with E-state index in [1.807, 2.05) is 18.7 Å². The van der Waals surface area contributed by atoms with Gasteiger partial charge in [0.1, 0.15) is 0 Å². The number of nitrogens with one attached hydrogen (secondary N) is 1. The lowest BCUT2D eigenvalue weighted by Crippen LogP contribution is -2.58. The molecule has 3 fully saturated rings. The monoisotopic (exact) mass is 356 g/mol. The minimum absolute atomic E-state index is 0.0539. The lowest BCUT2D eigenvalue weighted by Gasteiger charge is -2.37. The highest BCUT2D eigenvalue weighted by Crippen LogP contribution is 2.29. The van der Waals surface area contributed by atoms with E-state index in [2.05, 4.69) is 5.32 Å². The van der Waals surface area contributed by atoms with Crippen LogP contribution in [0.1, 0.15) is 26.7 Å². The fraction of sp³-hybridized carbons (Fsp3) is 0.882. The normalized spacial score (nSPS) is 27.6. The third kappa shape index (κ3) is 5.13. The first-order chi connectivity index (χ1) is 12.0. The Bertz CT molecular complexity index is 482. The largest absolute Gasteiger partial charge is 0.376 e. The van der Waals surface area contributed by atoms with E-state index >= 15 is 0 Å². The van der Waals surface area contributed by atoms with Gasteiger partial charge in [0.05, 0.1) is 45.2 Å². The third-order valence-electron chi connectivity index (χ3n) is 4.50. The fourth-order valence-corrected chi connectivity index (χ4v) is 3.11. The maximum atomic E-state index is 12.8. The van der Waals surface area contributed by atoms with Gasteiger partial charge >= 0.3 is 0 Å². The number of rotatable bonds is 6. The van der Waals surface area contributed by atoms with Gasteiger partial charge in [-0.25, -0.2) is 0 Å². The third-order valence-corrected chi connectivity index (χ3v) is 4.50. The highest BCUT2D eigenvalue weighted by molar-refractivity contribution is 5.83. The van der Waals surface area contributed by atoms with Gasteiger partial charge in [-0.2, -0.15) is 0 Å². The summed E-state index contributed by atoms with van der Waals surface area (Å²) in [5.41, 5.74) is -0.578. The highest BCUT2D eigenvalue weighted by Gasteiger charge is 2.40. The topological polar surface area (TPSA) is 86.3 Å². The molecule has 8 heteroatoms. The van der Waals surface area contributed by atoms with Crippen molar-refractivity contribution < 1.29 is 28.5 Å².